The topological polar surface area (TPSA) is 52.6 Å². The van der Waals surface area contributed by atoms with Gasteiger partial charge in [-0.05, 0) is 27.6 Å². The van der Waals surface area contributed by atoms with Crippen LogP contribution in [0.15, 0.2) is 54.6 Å². The van der Waals surface area contributed by atoms with E-state index >= 15 is 0 Å². The number of hydrogen-bond donors (Lipinski definition) is 0. The van der Waals surface area contributed by atoms with E-state index in [0.717, 1.165) is 21.5 Å². The number of ether oxygens (including phenoxy) is 2. The highest BCUT2D eigenvalue weighted by Gasteiger charge is 2.30. The minimum atomic E-state index is -0.388. The Bertz CT molecular complexity index is 867. The van der Waals surface area contributed by atoms with Gasteiger partial charge in [0.05, 0.1) is 12.0 Å². The quantitative estimate of drug-likeness (QED) is 0.549. The van der Waals surface area contributed by atoms with E-state index in [4.69, 9.17) is 9.47 Å². The van der Waals surface area contributed by atoms with Crippen LogP contribution in [0.25, 0.3) is 21.5 Å². The van der Waals surface area contributed by atoms with Crippen LogP contribution in [0.2, 0.25) is 0 Å². The molecule has 4 nitrogen and oxygen atoms in total. The van der Waals surface area contributed by atoms with Crippen LogP contribution < -0.4 is 0 Å². The molecular weight excluding hydrogens is 292 g/mol. The lowest BCUT2D eigenvalue weighted by Gasteiger charge is -2.24. The van der Waals surface area contributed by atoms with E-state index in [1.807, 2.05) is 48.5 Å². The van der Waals surface area contributed by atoms with Gasteiger partial charge in [-0.25, -0.2) is 4.79 Å². The van der Waals surface area contributed by atoms with Gasteiger partial charge in [0.2, 0.25) is 0 Å². The van der Waals surface area contributed by atoms with Crippen molar-refractivity contribution in [1.82, 2.24) is 0 Å². The molecule has 1 aliphatic rings. The maximum atomic E-state index is 12.6. The lowest BCUT2D eigenvalue weighted by atomic mass is 9.97. The van der Waals surface area contributed by atoms with E-state index in [9.17, 15) is 9.59 Å². The van der Waals surface area contributed by atoms with Crippen LogP contribution in [-0.4, -0.2) is 24.6 Å². The predicted molar refractivity (Wildman–Crippen MR) is 86.2 cm³/mol. The molecule has 3 aromatic carbocycles. The molecule has 1 atom stereocenters. The molecule has 0 N–H and O–H groups in total. The monoisotopic (exact) mass is 306 g/mol. The van der Waals surface area contributed by atoms with E-state index in [-0.39, 0.29) is 24.6 Å². The van der Waals surface area contributed by atoms with Gasteiger partial charge < -0.3 is 9.47 Å². The van der Waals surface area contributed by atoms with Crippen molar-refractivity contribution in [2.75, 3.05) is 6.61 Å². The lowest BCUT2D eigenvalue weighted by Crippen LogP contribution is -2.37. The normalized spacial score (nSPS) is 16.9. The molecule has 0 saturated carbocycles. The van der Waals surface area contributed by atoms with Crippen molar-refractivity contribution < 1.29 is 19.1 Å². The van der Waals surface area contributed by atoms with Gasteiger partial charge in [0.15, 0.2) is 0 Å². The Morgan fingerprint density at radius 1 is 1.04 bits per heavy atom. The Labute approximate surface area is 132 Å². The first-order chi connectivity index (χ1) is 11.2. The molecule has 114 valence electrons. The number of fused-ring (bicyclic) bond motifs is 2. The third kappa shape index (κ3) is 2.42. The summed E-state index contributed by atoms with van der Waals surface area (Å²) in [6.45, 7) is 0.0993. The van der Waals surface area contributed by atoms with E-state index in [1.54, 1.807) is 0 Å². The Morgan fingerprint density at radius 3 is 2.17 bits per heavy atom. The molecule has 1 heterocycles. The molecule has 1 aliphatic heterocycles. The zero-order valence-corrected chi connectivity index (χ0v) is 12.3. The summed E-state index contributed by atoms with van der Waals surface area (Å²) in [5, 5.41) is 3.71. The fourth-order valence-electron chi connectivity index (χ4n) is 2.93. The SMILES string of the molecule is O=C1CC(COC(=O)c2c3ccccc3cc3ccccc23)O1. The highest BCUT2D eigenvalue weighted by Crippen LogP contribution is 2.29. The predicted octanol–water partition coefficient (Wildman–Crippen LogP) is 3.47. The van der Waals surface area contributed by atoms with Gasteiger partial charge in [-0.1, -0.05) is 48.5 Å². The minimum absolute atomic E-state index is 0.0993. The summed E-state index contributed by atoms with van der Waals surface area (Å²) in [4.78, 5) is 23.4. The number of benzene rings is 3. The molecule has 0 radical (unpaired) electrons. The molecule has 0 spiro atoms. The van der Waals surface area contributed by atoms with Crippen molar-refractivity contribution in [3.05, 3.63) is 60.2 Å². The minimum Gasteiger partial charge on any atom is -0.458 e. The number of esters is 2. The molecule has 1 fully saturated rings. The van der Waals surface area contributed by atoms with E-state index < -0.39 is 0 Å². The number of hydrogen-bond acceptors (Lipinski definition) is 4. The maximum absolute atomic E-state index is 12.6. The van der Waals surface area contributed by atoms with Crippen LogP contribution in [0.5, 0.6) is 0 Å². The lowest BCUT2D eigenvalue weighted by molar-refractivity contribution is -0.173. The molecule has 0 bridgehead atoms. The average Bonchev–Trinajstić information content (AvgIpc) is 2.55. The number of carbonyl (C=O) groups excluding carboxylic acids is 2. The molecular formula is C19H14O4. The van der Waals surface area contributed by atoms with E-state index in [0.29, 0.717) is 12.0 Å². The molecule has 3 aromatic rings. The Balaban J connectivity index is 1.76. The second-order valence-electron chi connectivity index (χ2n) is 5.61. The highest BCUT2D eigenvalue weighted by atomic mass is 16.6. The summed E-state index contributed by atoms with van der Waals surface area (Å²) in [6.07, 6.45) is -0.00323. The van der Waals surface area contributed by atoms with Crippen LogP contribution in [0.4, 0.5) is 0 Å². The fraction of sp³-hybridized carbons (Fsp3) is 0.158. The number of cyclic esters (lactones) is 1. The second kappa shape index (κ2) is 5.39. The molecule has 1 saturated heterocycles. The van der Waals surface area contributed by atoms with Crippen LogP contribution >= 0.6 is 0 Å². The van der Waals surface area contributed by atoms with Gasteiger partial charge >= 0.3 is 11.9 Å². The van der Waals surface area contributed by atoms with Crippen molar-refractivity contribution in [3.63, 3.8) is 0 Å². The molecule has 0 aliphatic carbocycles. The summed E-state index contributed by atoms with van der Waals surface area (Å²) < 4.78 is 10.3. The van der Waals surface area contributed by atoms with Gasteiger partial charge in [0.25, 0.3) is 0 Å². The zero-order valence-electron chi connectivity index (χ0n) is 12.3. The van der Waals surface area contributed by atoms with Gasteiger partial charge in [-0.15, -0.1) is 0 Å². The molecule has 1 unspecified atom stereocenters. The highest BCUT2D eigenvalue weighted by molar-refractivity contribution is 6.16. The van der Waals surface area contributed by atoms with Crippen molar-refractivity contribution >= 4 is 33.5 Å². The van der Waals surface area contributed by atoms with Gasteiger partial charge in [0.1, 0.15) is 12.7 Å². The standard InChI is InChI=1S/C19H14O4/c20-17-10-14(23-17)11-22-19(21)18-15-7-3-1-5-12(15)9-13-6-2-4-8-16(13)18/h1-9,14H,10-11H2. The van der Waals surface area contributed by atoms with Crippen LogP contribution in [0.3, 0.4) is 0 Å². The second-order valence-corrected chi connectivity index (χ2v) is 5.61. The average molecular weight is 306 g/mol. The largest absolute Gasteiger partial charge is 0.458 e. The van der Waals surface area contributed by atoms with Crippen molar-refractivity contribution in [2.45, 2.75) is 12.5 Å². The summed E-state index contributed by atoms with van der Waals surface area (Å²) in [5.74, 6) is -0.636. The summed E-state index contributed by atoms with van der Waals surface area (Å²) in [6, 6.07) is 17.6. The van der Waals surface area contributed by atoms with Crippen LogP contribution in [-0.2, 0) is 14.3 Å². The summed E-state index contributed by atoms with van der Waals surface area (Å²) >= 11 is 0. The van der Waals surface area contributed by atoms with Gasteiger partial charge in [0, 0.05) is 0 Å². The molecule has 0 amide bonds. The first-order valence-corrected chi connectivity index (χ1v) is 7.49. The third-order valence-corrected chi connectivity index (χ3v) is 4.07. The zero-order chi connectivity index (χ0) is 15.8. The fourth-order valence-corrected chi connectivity index (χ4v) is 2.93. The van der Waals surface area contributed by atoms with E-state index in [1.165, 1.54) is 0 Å². The van der Waals surface area contributed by atoms with Crippen LogP contribution in [0.1, 0.15) is 16.8 Å². The first kappa shape index (κ1) is 13.8. The van der Waals surface area contributed by atoms with Crippen molar-refractivity contribution in [1.29, 1.82) is 0 Å². The Hall–Kier alpha value is -2.88. The molecule has 23 heavy (non-hydrogen) atoms. The van der Waals surface area contributed by atoms with Crippen molar-refractivity contribution in [2.24, 2.45) is 0 Å². The summed E-state index contributed by atoms with van der Waals surface area (Å²) in [5.41, 5.74) is 0.560. The summed E-state index contributed by atoms with van der Waals surface area (Å²) in [7, 11) is 0. The van der Waals surface area contributed by atoms with Gasteiger partial charge in [-0.2, -0.15) is 0 Å². The van der Waals surface area contributed by atoms with Gasteiger partial charge in [-0.3, -0.25) is 4.79 Å². The third-order valence-electron chi connectivity index (χ3n) is 4.07. The Kier molecular flexibility index (Phi) is 3.23. The molecule has 0 aromatic heterocycles. The molecule has 4 heteroatoms. The number of carbonyl (C=O) groups is 2. The molecule has 4 rings (SSSR count). The smallest absolute Gasteiger partial charge is 0.339 e. The van der Waals surface area contributed by atoms with Crippen molar-refractivity contribution in [3.8, 4) is 0 Å². The Morgan fingerprint density at radius 2 is 1.61 bits per heavy atom. The maximum Gasteiger partial charge on any atom is 0.339 e. The first-order valence-electron chi connectivity index (χ1n) is 7.49. The van der Waals surface area contributed by atoms with Crippen LogP contribution in [0, 0.1) is 0 Å². The van der Waals surface area contributed by atoms with E-state index in [2.05, 4.69) is 6.07 Å². The number of rotatable bonds is 3.